The van der Waals surface area contributed by atoms with E-state index in [-0.39, 0.29) is 90.7 Å². The van der Waals surface area contributed by atoms with Gasteiger partial charge in [0, 0.05) is 45.1 Å². The fraction of sp³-hybridized carbons (Fsp3) is 0.814. The molecule has 0 bridgehead atoms. The molecule has 6 rings (SSSR count). The van der Waals surface area contributed by atoms with Gasteiger partial charge in [-0.3, -0.25) is 9.59 Å². The molecular formula is C43H67NO10. The molecule has 6 aliphatic rings. The first-order chi connectivity index (χ1) is 25.9. The summed E-state index contributed by atoms with van der Waals surface area (Å²) in [6, 6.07) is 0.330. The number of nitrogens with zero attached hydrogens (tertiary/aromatic N) is 1. The third-order valence-corrected chi connectivity index (χ3v) is 13.5. The maximum atomic E-state index is 14.7. The van der Waals surface area contributed by atoms with Crippen molar-refractivity contribution in [1.82, 2.24) is 4.90 Å². The Morgan fingerprint density at radius 1 is 0.889 bits per heavy atom. The lowest BCUT2D eigenvalue weighted by Crippen LogP contribution is -2.60. The number of cyclic esters (lactones) is 1. The van der Waals surface area contributed by atoms with Crippen LogP contribution in [0.4, 0.5) is 0 Å². The summed E-state index contributed by atoms with van der Waals surface area (Å²) >= 11 is 0. The lowest BCUT2D eigenvalue weighted by Gasteiger charge is -2.44. The summed E-state index contributed by atoms with van der Waals surface area (Å²) in [5.41, 5.74) is 2.05. The van der Waals surface area contributed by atoms with Crippen molar-refractivity contribution in [3.8, 4) is 0 Å². The van der Waals surface area contributed by atoms with E-state index in [1.165, 1.54) is 5.57 Å². The number of rotatable bonds is 9. The van der Waals surface area contributed by atoms with E-state index >= 15 is 0 Å². The van der Waals surface area contributed by atoms with Crippen molar-refractivity contribution in [3.63, 3.8) is 0 Å². The van der Waals surface area contributed by atoms with Crippen LogP contribution in [0.5, 0.6) is 0 Å². The van der Waals surface area contributed by atoms with Gasteiger partial charge in [0.1, 0.15) is 24.1 Å². The summed E-state index contributed by atoms with van der Waals surface area (Å²) in [6.07, 6.45) is 9.46. The Bertz CT molecular complexity index is 1410. The predicted octanol–water partition coefficient (Wildman–Crippen LogP) is 6.39. The smallest absolute Gasteiger partial charge is 0.311 e. The first-order valence-electron chi connectivity index (χ1n) is 20.6. The lowest BCUT2D eigenvalue weighted by molar-refractivity contribution is -0.317. The second-order valence-electron chi connectivity index (χ2n) is 16.9. The van der Waals surface area contributed by atoms with Crippen LogP contribution in [-0.2, 0) is 47.5 Å². The Labute approximate surface area is 323 Å². The van der Waals surface area contributed by atoms with Gasteiger partial charge in [0.15, 0.2) is 18.4 Å². The molecule has 0 aromatic rings. The van der Waals surface area contributed by atoms with Gasteiger partial charge in [-0.2, -0.15) is 0 Å². The van der Waals surface area contributed by atoms with Crippen LogP contribution in [0.25, 0.3) is 0 Å². The number of allylic oxidation sites excluding steroid dienone is 6. The third-order valence-electron chi connectivity index (χ3n) is 13.5. The molecule has 0 N–H and O–H groups in total. The van der Waals surface area contributed by atoms with Crippen molar-refractivity contribution in [2.24, 2.45) is 35.5 Å². The van der Waals surface area contributed by atoms with Crippen LogP contribution in [0.1, 0.15) is 92.9 Å². The van der Waals surface area contributed by atoms with Crippen LogP contribution in [0.2, 0.25) is 0 Å². The molecule has 11 nitrogen and oxygen atoms in total. The Kier molecular flexibility index (Phi) is 14.0. The fourth-order valence-corrected chi connectivity index (χ4v) is 10.7. The largest absolute Gasteiger partial charge is 0.431 e. The molecule has 0 spiro atoms. The molecular weight excluding hydrogens is 690 g/mol. The summed E-state index contributed by atoms with van der Waals surface area (Å²) < 4.78 is 50.1. The van der Waals surface area contributed by atoms with Crippen LogP contribution in [-0.4, -0.2) is 113 Å². The van der Waals surface area contributed by atoms with Gasteiger partial charge in [-0.1, -0.05) is 24.6 Å². The first-order valence-corrected chi connectivity index (χ1v) is 20.6. The van der Waals surface area contributed by atoms with Crippen molar-refractivity contribution in [2.75, 3.05) is 34.9 Å². The maximum absolute atomic E-state index is 14.7. The van der Waals surface area contributed by atoms with Crippen molar-refractivity contribution < 1.29 is 47.5 Å². The number of Topliss-reactive ketones (excluding diaryl/α,β-unsaturated/α-hetero) is 1. The number of esters is 1. The Morgan fingerprint density at radius 2 is 1.65 bits per heavy atom. The van der Waals surface area contributed by atoms with E-state index in [4.69, 9.17) is 37.9 Å². The molecule has 0 aromatic heterocycles. The first kappa shape index (κ1) is 41.7. The second kappa shape index (κ2) is 18.1. The second-order valence-corrected chi connectivity index (χ2v) is 16.9. The lowest BCUT2D eigenvalue weighted by atomic mass is 9.67. The topological polar surface area (TPSA) is 111 Å². The number of ether oxygens (including phenoxy) is 8. The number of ketones is 1. The fourth-order valence-electron chi connectivity index (χ4n) is 10.7. The molecule has 0 aromatic carbocycles. The number of hydrogen-bond acceptors (Lipinski definition) is 11. The van der Waals surface area contributed by atoms with E-state index in [2.05, 4.69) is 45.0 Å². The highest BCUT2D eigenvalue weighted by Crippen LogP contribution is 2.56. The average Bonchev–Trinajstić information content (AvgIpc) is 3.71. The monoisotopic (exact) mass is 757 g/mol. The molecule has 304 valence electrons. The van der Waals surface area contributed by atoms with Gasteiger partial charge in [-0.15, -0.1) is 0 Å². The van der Waals surface area contributed by atoms with Gasteiger partial charge in [0.2, 0.25) is 0 Å². The van der Waals surface area contributed by atoms with Gasteiger partial charge in [-0.05, 0) is 123 Å². The number of hydrogen-bond donors (Lipinski definition) is 0. The Balaban J connectivity index is 1.23. The van der Waals surface area contributed by atoms with Gasteiger partial charge < -0.3 is 42.8 Å². The molecule has 11 heteroatoms. The molecule has 0 amide bonds. The third kappa shape index (κ3) is 8.64. The molecule has 1 saturated carbocycles. The standard InChI is InChI=1S/C43H67NO10/c1-11-27-14-13-15-36(54-38-17-16-35(44(7)8)25(5)50-38)24(4)39(46)34-21-32-30(33(34)22-37(45)52-27)18-23(3)29-19-28(20-31(29)32)53-43-42(48-10)41(49-12-2)40(47-9)26(6)51-43/h11,18,21,24-26,28-33,35-36,38,40-43H,12-17,19-20,22H2,1-10H3/b27-11+/t24-,25-,26+,28-,29+,30-,31-,32-,33+,35+,36?,38+,40+,41?,42-,43+/m1/s1. The van der Waals surface area contributed by atoms with E-state index in [9.17, 15) is 9.59 Å². The molecule has 0 radical (unpaired) electrons. The highest BCUT2D eigenvalue weighted by molar-refractivity contribution is 5.99. The SMILES string of the molecule is C/C=C1\CCCC(O[C@H]2CC[C@H](N(C)C)[C@@H](C)O2)[C@@H](C)C(=O)C2=C[C@@H]3[C@@H](C=C(C)[C@@H]4C[C@@H](O[C@@H]5O[C@@H](C)[C@H](OC)C(OCC)[C@H]5OC)C[C@@H]34)[C@@H]2CC(=O)O1. The number of carbonyl (C=O) groups is 2. The molecule has 3 aliphatic carbocycles. The zero-order valence-electron chi connectivity index (χ0n) is 34.4. The molecule has 3 saturated heterocycles. The summed E-state index contributed by atoms with van der Waals surface area (Å²) in [4.78, 5) is 30.5. The minimum Gasteiger partial charge on any atom is -0.431 e. The van der Waals surface area contributed by atoms with E-state index in [1.807, 2.05) is 33.8 Å². The molecule has 2 unspecified atom stereocenters. The van der Waals surface area contributed by atoms with Crippen molar-refractivity contribution in [1.29, 1.82) is 0 Å². The minimum absolute atomic E-state index is 0.0213. The van der Waals surface area contributed by atoms with Gasteiger partial charge in [0.25, 0.3) is 0 Å². The average molecular weight is 758 g/mol. The zero-order valence-corrected chi connectivity index (χ0v) is 34.4. The predicted molar refractivity (Wildman–Crippen MR) is 203 cm³/mol. The molecule has 16 atom stereocenters. The number of methoxy groups -OCH3 is 2. The van der Waals surface area contributed by atoms with Crippen LogP contribution >= 0.6 is 0 Å². The number of likely N-dealkylation sites (N-methyl/N-ethyl adjacent to an activating group) is 1. The van der Waals surface area contributed by atoms with Crippen LogP contribution in [0.3, 0.4) is 0 Å². The number of fused-ring (bicyclic) bond motifs is 5. The highest BCUT2D eigenvalue weighted by Gasteiger charge is 2.53. The normalized spacial score (nSPS) is 44.1. The maximum Gasteiger partial charge on any atom is 0.311 e. The van der Waals surface area contributed by atoms with Crippen molar-refractivity contribution >= 4 is 11.8 Å². The summed E-state index contributed by atoms with van der Waals surface area (Å²) in [5, 5.41) is 0. The van der Waals surface area contributed by atoms with E-state index in [0.29, 0.717) is 37.2 Å². The van der Waals surface area contributed by atoms with E-state index in [1.54, 1.807) is 14.2 Å². The van der Waals surface area contributed by atoms with Crippen LogP contribution < -0.4 is 0 Å². The van der Waals surface area contributed by atoms with Crippen molar-refractivity contribution in [3.05, 3.63) is 35.1 Å². The van der Waals surface area contributed by atoms with E-state index in [0.717, 1.165) is 37.7 Å². The Morgan fingerprint density at radius 3 is 2.31 bits per heavy atom. The highest BCUT2D eigenvalue weighted by atomic mass is 16.7. The molecule has 3 heterocycles. The van der Waals surface area contributed by atoms with Crippen LogP contribution in [0.15, 0.2) is 35.1 Å². The minimum atomic E-state index is -0.602. The van der Waals surface area contributed by atoms with Gasteiger partial charge >= 0.3 is 5.97 Å². The van der Waals surface area contributed by atoms with Gasteiger partial charge in [-0.25, -0.2) is 0 Å². The molecule has 3 aliphatic heterocycles. The quantitative estimate of drug-likeness (QED) is 0.193. The number of carbonyl (C=O) groups excluding carboxylic acids is 2. The molecule has 54 heavy (non-hydrogen) atoms. The van der Waals surface area contributed by atoms with Gasteiger partial charge in [0.05, 0.1) is 30.8 Å². The molecule has 4 fully saturated rings. The Hall–Kier alpha value is -1.96. The summed E-state index contributed by atoms with van der Waals surface area (Å²) in [5.74, 6) is 0.503. The summed E-state index contributed by atoms with van der Waals surface area (Å²) in [7, 11) is 7.51. The van der Waals surface area contributed by atoms with E-state index < -0.39 is 12.4 Å². The summed E-state index contributed by atoms with van der Waals surface area (Å²) in [6.45, 7) is 12.7. The zero-order chi connectivity index (χ0) is 38.8. The van der Waals surface area contributed by atoms with Crippen molar-refractivity contribution in [2.45, 2.75) is 154 Å². The van der Waals surface area contributed by atoms with Crippen LogP contribution in [0, 0.1) is 35.5 Å².